The van der Waals surface area contributed by atoms with E-state index in [9.17, 15) is 0 Å². The topological polar surface area (TPSA) is 89.6 Å². The highest BCUT2D eigenvalue weighted by Crippen LogP contribution is 2.30. The molecular weight excluding hydrogens is 248 g/mol. The number of nitrogens with two attached hydrogens (primary N) is 1. The number of anilines is 1. The summed E-state index contributed by atoms with van der Waals surface area (Å²) in [6.07, 6.45) is 6.59. The molecule has 0 saturated carbocycles. The maximum atomic E-state index is 5.47. The SMILES string of the molecule is CCCc1c(NN)ncnc1Sc1ccncn1. The van der Waals surface area contributed by atoms with E-state index in [1.807, 2.05) is 6.07 Å². The fraction of sp³-hybridized carbons (Fsp3) is 0.273. The van der Waals surface area contributed by atoms with Gasteiger partial charge in [-0.05, 0) is 24.2 Å². The number of hydrogen-bond donors (Lipinski definition) is 2. The van der Waals surface area contributed by atoms with E-state index in [1.54, 1.807) is 6.20 Å². The Labute approximate surface area is 109 Å². The lowest BCUT2D eigenvalue weighted by Crippen LogP contribution is -2.12. The van der Waals surface area contributed by atoms with Crippen molar-refractivity contribution in [2.45, 2.75) is 29.8 Å². The molecule has 0 amide bonds. The molecule has 0 aliphatic carbocycles. The molecule has 2 aromatic heterocycles. The molecule has 0 aromatic carbocycles. The smallest absolute Gasteiger partial charge is 0.147 e. The zero-order chi connectivity index (χ0) is 12.8. The molecule has 0 bridgehead atoms. The highest BCUT2D eigenvalue weighted by atomic mass is 32.2. The number of hydrazine groups is 1. The Hall–Kier alpha value is -1.73. The van der Waals surface area contributed by atoms with Gasteiger partial charge in [0, 0.05) is 11.8 Å². The molecule has 0 radical (unpaired) electrons. The summed E-state index contributed by atoms with van der Waals surface area (Å²) < 4.78 is 0. The van der Waals surface area contributed by atoms with Gasteiger partial charge in [0.1, 0.15) is 28.5 Å². The first-order valence-corrected chi connectivity index (χ1v) is 6.41. The summed E-state index contributed by atoms with van der Waals surface area (Å²) in [7, 11) is 0. The number of nitrogens with zero attached hydrogens (tertiary/aromatic N) is 4. The van der Waals surface area contributed by atoms with Gasteiger partial charge in [-0.15, -0.1) is 0 Å². The Morgan fingerprint density at radius 2 is 2.17 bits per heavy atom. The van der Waals surface area contributed by atoms with Crippen LogP contribution in [-0.2, 0) is 6.42 Å². The Morgan fingerprint density at radius 1 is 1.28 bits per heavy atom. The summed E-state index contributed by atoms with van der Waals surface area (Å²) in [5.41, 5.74) is 3.63. The van der Waals surface area contributed by atoms with Gasteiger partial charge in [-0.2, -0.15) is 0 Å². The van der Waals surface area contributed by atoms with Crippen LogP contribution < -0.4 is 11.3 Å². The van der Waals surface area contributed by atoms with Crippen LogP contribution in [-0.4, -0.2) is 19.9 Å². The van der Waals surface area contributed by atoms with Gasteiger partial charge in [0.15, 0.2) is 0 Å². The van der Waals surface area contributed by atoms with Gasteiger partial charge in [0.2, 0.25) is 0 Å². The number of nitrogens with one attached hydrogen (secondary N) is 1. The van der Waals surface area contributed by atoms with Gasteiger partial charge in [-0.3, -0.25) is 0 Å². The van der Waals surface area contributed by atoms with Gasteiger partial charge in [-0.25, -0.2) is 25.8 Å². The monoisotopic (exact) mass is 262 g/mol. The molecule has 0 atom stereocenters. The third kappa shape index (κ3) is 2.93. The van der Waals surface area contributed by atoms with Crippen LogP contribution in [0.25, 0.3) is 0 Å². The zero-order valence-electron chi connectivity index (χ0n) is 10.00. The predicted octanol–water partition coefficient (Wildman–Crippen LogP) is 1.66. The number of aromatic nitrogens is 4. The van der Waals surface area contributed by atoms with Gasteiger partial charge in [0.05, 0.1) is 0 Å². The van der Waals surface area contributed by atoms with Gasteiger partial charge < -0.3 is 5.43 Å². The highest BCUT2D eigenvalue weighted by molar-refractivity contribution is 7.99. The van der Waals surface area contributed by atoms with Gasteiger partial charge in [-0.1, -0.05) is 13.3 Å². The third-order valence-corrected chi connectivity index (χ3v) is 3.29. The average molecular weight is 262 g/mol. The third-order valence-electron chi connectivity index (χ3n) is 2.30. The van der Waals surface area contributed by atoms with Gasteiger partial charge in [0.25, 0.3) is 0 Å². The Morgan fingerprint density at radius 3 is 2.83 bits per heavy atom. The van der Waals surface area contributed by atoms with E-state index in [0.29, 0.717) is 5.82 Å². The van der Waals surface area contributed by atoms with Crippen LogP contribution in [0, 0.1) is 0 Å². The average Bonchev–Trinajstić information content (AvgIpc) is 2.42. The molecular formula is C11H14N6S. The van der Waals surface area contributed by atoms with Crippen molar-refractivity contribution in [3.63, 3.8) is 0 Å². The molecule has 0 fully saturated rings. The Bertz CT molecular complexity index is 504. The van der Waals surface area contributed by atoms with Gasteiger partial charge >= 0.3 is 0 Å². The van der Waals surface area contributed by atoms with Crippen molar-refractivity contribution in [2.24, 2.45) is 5.84 Å². The first kappa shape index (κ1) is 12.7. The number of rotatable bonds is 5. The second kappa shape index (κ2) is 6.27. The Balaban J connectivity index is 2.32. The summed E-state index contributed by atoms with van der Waals surface area (Å²) in [6, 6.07) is 1.85. The molecule has 2 rings (SSSR count). The summed E-state index contributed by atoms with van der Waals surface area (Å²) in [4.78, 5) is 16.5. The van der Waals surface area contributed by atoms with Crippen molar-refractivity contribution in [1.82, 2.24) is 19.9 Å². The maximum absolute atomic E-state index is 5.47. The Kier molecular flexibility index (Phi) is 4.43. The largest absolute Gasteiger partial charge is 0.308 e. The van der Waals surface area contributed by atoms with E-state index in [4.69, 9.17) is 5.84 Å². The van der Waals surface area contributed by atoms with Crippen LogP contribution in [0.2, 0.25) is 0 Å². The minimum absolute atomic E-state index is 0.670. The van der Waals surface area contributed by atoms with Crippen LogP contribution in [0.3, 0.4) is 0 Å². The summed E-state index contributed by atoms with van der Waals surface area (Å²) in [6.45, 7) is 2.10. The molecule has 6 nitrogen and oxygen atoms in total. The first-order valence-electron chi connectivity index (χ1n) is 5.59. The normalized spacial score (nSPS) is 10.3. The molecule has 0 aliphatic heterocycles. The first-order chi connectivity index (χ1) is 8.85. The highest BCUT2D eigenvalue weighted by Gasteiger charge is 2.11. The quantitative estimate of drug-likeness (QED) is 0.481. The van der Waals surface area contributed by atoms with Crippen molar-refractivity contribution < 1.29 is 0 Å². The maximum Gasteiger partial charge on any atom is 0.147 e. The van der Waals surface area contributed by atoms with E-state index < -0.39 is 0 Å². The van der Waals surface area contributed by atoms with Crippen LogP contribution in [0.4, 0.5) is 5.82 Å². The molecule has 3 N–H and O–H groups in total. The van der Waals surface area contributed by atoms with E-state index in [-0.39, 0.29) is 0 Å². The van der Waals surface area contributed by atoms with Crippen molar-refractivity contribution in [1.29, 1.82) is 0 Å². The molecule has 0 saturated heterocycles. The molecule has 7 heteroatoms. The van der Waals surface area contributed by atoms with Crippen LogP contribution in [0.15, 0.2) is 35.0 Å². The van der Waals surface area contributed by atoms with Crippen molar-refractivity contribution in [3.8, 4) is 0 Å². The van der Waals surface area contributed by atoms with Crippen molar-refractivity contribution in [3.05, 3.63) is 30.5 Å². The minimum Gasteiger partial charge on any atom is -0.308 e. The molecule has 18 heavy (non-hydrogen) atoms. The van der Waals surface area contributed by atoms with Crippen LogP contribution >= 0.6 is 11.8 Å². The molecule has 0 unspecified atom stereocenters. The van der Waals surface area contributed by atoms with E-state index in [2.05, 4.69) is 32.3 Å². The van der Waals surface area contributed by atoms with Crippen LogP contribution in [0.5, 0.6) is 0 Å². The second-order valence-corrected chi connectivity index (χ2v) is 4.56. The van der Waals surface area contributed by atoms with E-state index in [0.717, 1.165) is 28.5 Å². The van der Waals surface area contributed by atoms with Crippen LogP contribution in [0.1, 0.15) is 18.9 Å². The molecule has 94 valence electrons. The molecule has 2 heterocycles. The zero-order valence-corrected chi connectivity index (χ0v) is 10.8. The molecule has 0 aliphatic rings. The summed E-state index contributed by atoms with van der Waals surface area (Å²) in [5.74, 6) is 6.14. The number of hydrogen-bond acceptors (Lipinski definition) is 7. The standard InChI is InChI=1S/C11H14N6S/c1-2-3-8-10(17-12)15-7-16-11(8)18-9-4-5-13-6-14-9/h4-7H,2-3,12H2,1H3,(H,15,16,17). The van der Waals surface area contributed by atoms with E-state index in [1.165, 1.54) is 24.4 Å². The fourth-order valence-electron chi connectivity index (χ4n) is 1.52. The summed E-state index contributed by atoms with van der Waals surface area (Å²) >= 11 is 1.49. The molecule has 0 spiro atoms. The second-order valence-electron chi connectivity index (χ2n) is 3.55. The lowest BCUT2D eigenvalue weighted by Gasteiger charge is -2.10. The minimum atomic E-state index is 0.670. The molecule has 2 aromatic rings. The predicted molar refractivity (Wildman–Crippen MR) is 70.0 cm³/mol. The van der Waals surface area contributed by atoms with Crippen molar-refractivity contribution >= 4 is 17.6 Å². The lowest BCUT2D eigenvalue weighted by molar-refractivity contribution is 0.855. The summed E-state index contributed by atoms with van der Waals surface area (Å²) in [5, 5.41) is 1.72. The lowest BCUT2D eigenvalue weighted by atomic mass is 10.2. The van der Waals surface area contributed by atoms with Crippen molar-refractivity contribution in [2.75, 3.05) is 5.43 Å². The van der Waals surface area contributed by atoms with E-state index >= 15 is 0 Å². The fourth-order valence-corrected chi connectivity index (χ4v) is 2.37. The number of nitrogen functional groups attached to an aromatic ring is 1.